The number of halogens is 2. The molecule has 27 heavy (non-hydrogen) atoms. The third kappa shape index (κ3) is 5.25. The number of amides is 1. The second kappa shape index (κ2) is 9.26. The lowest BCUT2D eigenvalue weighted by Gasteiger charge is -2.17. The first kappa shape index (κ1) is 19.7. The molecule has 0 radical (unpaired) electrons. The Morgan fingerprint density at radius 2 is 1.89 bits per heavy atom. The maximum Gasteiger partial charge on any atom is 0.277 e. The smallest absolute Gasteiger partial charge is 0.277 e. The second-order valence-electron chi connectivity index (χ2n) is 5.72. The van der Waals surface area contributed by atoms with Gasteiger partial charge >= 0.3 is 0 Å². The van der Waals surface area contributed by atoms with Gasteiger partial charge in [0.25, 0.3) is 5.22 Å². The number of hydrogen-bond acceptors (Lipinski definition) is 5. The molecule has 140 valence electrons. The van der Waals surface area contributed by atoms with Crippen molar-refractivity contribution in [2.45, 2.75) is 24.6 Å². The van der Waals surface area contributed by atoms with Crippen molar-refractivity contribution in [1.29, 1.82) is 0 Å². The van der Waals surface area contributed by atoms with Crippen LogP contribution >= 0.6 is 35.0 Å². The maximum atomic E-state index is 12.3. The fourth-order valence-electron chi connectivity index (χ4n) is 2.49. The molecule has 5 nitrogen and oxygen atoms in total. The molecule has 0 saturated carbocycles. The molecule has 1 unspecified atom stereocenters. The molecular weight excluding hydrogens is 405 g/mol. The normalized spacial score (nSPS) is 12.0. The first-order valence-electron chi connectivity index (χ1n) is 8.33. The number of nitrogens with zero attached hydrogens (tertiary/aromatic N) is 2. The average Bonchev–Trinajstić information content (AvgIpc) is 3.14. The van der Waals surface area contributed by atoms with Crippen molar-refractivity contribution < 1.29 is 9.21 Å². The van der Waals surface area contributed by atoms with Gasteiger partial charge in [-0.2, -0.15) is 0 Å². The quantitative estimate of drug-likeness (QED) is 0.516. The second-order valence-corrected chi connectivity index (χ2v) is 7.49. The van der Waals surface area contributed by atoms with Crippen LogP contribution in [0.5, 0.6) is 0 Å². The van der Waals surface area contributed by atoms with Crippen LogP contribution in [0.25, 0.3) is 11.5 Å². The highest BCUT2D eigenvalue weighted by molar-refractivity contribution is 7.99. The van der Waals surface area contributed by atoms with Gasteiger partial charge in [-0.1, -0.05) is 66.2 Å². The van der Waals surface area contributed by atoms with Crippen LogP contribution in [0.15, 0.2) is 58.2 Å². The van der Waals surface area contributed by atoms with Crippen LogP contribution in [-0.2, 0) is 4.79 Å². The van der Waals surface area contributed by atoms with E-state index in [4.69, 9.17) is 27.6 Å². The van der Waals surface area contributed by atoms with E-state index < -0.39 is 0 Å². The number of benzene rings is 2. The Morgan fingerprint density at radius 1 is 1.15 bits per heavy atom. The van der Waals surface area contributed by atoms with Gasteiger partial charge in [-0.05, 0) is 36.2 Å². The molecule has 0 bridgehead atoms. The molecule has 0 aliphatic heterocycles. The molecular formula is C19H17Cl2N3O2S. The molecule has 8 heteroatoms. The van der Waals surface area contributed by atoms with Gasteiger partial charge in [0.05, 0.1) is 22.4 Å². The molecule has 0 spiro atoms. The Kier molecular flexibility index (Phi) is 6.77. The Bertz CT molecular complexity index is 915. The minimum absolute atomic E-state index is 0.0725. The Morgan fingerprint density at radius 3 is 2.59 bits per heavy atom. The lowest BCUT2D eigenvalue weighted by atomic mass is 10.0. The van der Waals surface area contributed by atoms with E-state index in [0.29, 0.717) is 26.7 Å². The molecule has 0 aliphatic carbocycles. The number of nitrogens with one attached hydrogen (secondary N) is 1. The number of aromatic nitrogens is 2. The number of thioether (sulfide) groups is 1. The van der Waals surface area contributed by atoms with E-state index in [2.05, 4.69) is 15.5 Å². The number of carbonyl (C=O) groups is 1. The van der Waals surface area contributed by atoms with Gasteiger partial charge in [-0.25, -0.2) is 0 Å². The minimum atomic E-state index is -0.112. The third-order valence-corrected chi connectivity index (χ3v) is 5.25. The molecule has 1 amide bonds. The van der Waals surface area contributed by atoms with Crippen LogP contribution in [0.4, 0.5) is 0 Å². The number of carbonyl (C=O) groups excluding carboxylic acids is 1. The largest absolute Gasteiger partial charge is 0.411 e. The van der Waals surface area contributed by atoms with Gasteiger partial charge < -0.3 is 9.73 Å². The zero-order valence-electron chi connectivity index (χ0n) is 14.5. The van der Waals surface area contributed by atoms with E-state index in [1.54, 1.807) is 12.1 Å². The summed E-state index contributed by atoms with van der Waals surface area (Å²) < 4.78 is 5.59. The van der Waals surface area contributed by atoms with Crippen molar-refractivity contribution in [2.24, 2.45) is 0 Å². The Balaban J connectivity index is 1.57. The van der Waals surface area contributed by atoms with E-state index in [9.17, 15) is 4.79 Å². The maximum absolute atomic E-state index is 12.3. The standard InChI is InChI=1S/C19H17Cl2N3O2S/c1-2-16(12-7-9-13(20)10-8-12)22-17(25)11-27-19-24-23-18(26-19)14-5-3-4-6-15(14)21/h3-10,16H,2,11H2,1H3,(H,22,25). The SMILES string of the molecule is CCC(NC(=O)CSc1nnc(-c2ccccc2Cl)o1)c1ccc(Cl)cc1. The minimum Gasteiger partial charge on any atom is -0.411 e. The monoisotopic (exact) mass is 421 g/mol. The predicted molar refractivity (Wildman–Crippen MR) is 108 cm³/mol. The Hall–Kier alpha value is -2.02. The number of rotatable bonds is 7. The lowest BCUT2D eigenvalue weighted by Crippen LogP contribution is -2.29. The van der Waals surface area contributed by atoms with Crippen molar-refractivity contribution in [2.75, 3.05) is 5.75 Å². The summed E-state index contributed by atoms with van der Waals surface area (Å²) >= 11 is 13.2. The molecule has 3 rings (SSSR count). The van der Waals surface area contributed by atoms with Gasteiger partial charge in [0, 0.05) is 5.02 Å². The molecule has 1 heterocycles. The molecule has 1 aromatic heterocycles. The molecule has 0 aliphatic rings. The molecule has 3 aromatic rings. The van der Waals surface area contributed by atoms with E-state index in [1.807, 2.05) is 43.3 Å². The van der Waals surface area contributed by atoms with E-state index in [0.717, 1.165) is 12.0 Å². The van der Waals surface area contributed by atoms with Crippen LogP contribution in [0.3, 0.4) is 0 Å². The van der Waals surface area contributed by atoms with Crippen molar-refractivity contribution >= 4 is 40.9 Å². The highest BCUT2D eigenvalue weighted by atomic mass is 35.5. The molecule has 2 aromatic carbocycles. The summed E-state index contributed by atoms with van der Waals surface area (Å²) in [5.74, 6) is 0.393. The van der Waals surface area contributed by atoms with Crippen molar-refractivity contribution in [3.05, 3.63) is 64.1 Å². The highest BCUT2D eigenvalue weighted by Gasteiger charge is 2.16. The van der Waals surface area contributed by atoms with Crippen molar-refractivity contribution in [1.82, 2.24) is 15.5 Å². The summed E-state index contributed by atoms with van der Waals surface area (Å²) in [4.78, 5) is 12.3. The average molecular weight is 422 g/mol. The van der Waals surface area contributed by atoms with E-state index in [-0.39, 0.29) is 17.7 Å². The number of hydrogen-bond donors (Lipinski definition) is 1. The van der Waals surface area contributed by atoms with E-state index >= 15 is 0 Å². The summed E-state index contributed by atoms with van der Waals surface area (Å²) in [6.07, 6.45) is 0.773. The van der Waals surface area contributed by atoms with Crippen LogP contribution in [-0.4, -0.2) is 21.9 Å². The summed E-state index contributed by atoms with van der Waals surface area (Å²) in [6.45, 7) is 2.01. The molecule has 0 fully saturated rings. The molecule has 1 atom stereocenters. The predicted octanol–water partition coefficient (Wildman–Crippen LogP) is 5.40. The summed E-state index contributed by atoms with van der Waals surface area (Å²) in [5.41, 5.74) is 1.68. The third-order valence-electron chi connectivity index (χ3n) is 3.85. The first-order chi connectivity index (χ1) is 13.1. The van der Waals surface area contributed by atoms with Crippen molar-refractivity contribution in [3.63, 3.8) is 0 Å². The van der Waals surface area contributed by atoms with Crippen LogP contribution < -0.4 is 5.32 Å². The Labute approximate surface area is 171 Å². The summed E-state index contributed by atoms with van der Waals surface area (Å²) in [7, 11) is 0. The van der Waals surface area contributed by atoms with Crippen LogP contribution in [0.2, 0.25) is 10.0 Å². The van der Waals surface area contributed by atoms with Gasteiger partial charge in [-0.3, -0.25) is 4.79 Å². The van der Waals surface area contributed by atoms with Crippen LogP contribution in [0, 0.1) is 0 Å². The van der Waals surface area contributed by atoms with Gasteiger partial charge in [0.2, 0.25) is 11.8 Å². The fourth-order valence-corrected chi connectivity index (χ4v) is 3.41. The first-order valence-corrected chi connectivity index (χ1v) is 10.1. The topological polar surface area (TPSA) is 68.0 Å². The lowest BCUT2D eigenvalue weighted by molar-refractivity contribution is -0.119. The molecule has 0 saturated heterocycles. The van der Waals surface area contributed by atoms with E-state index in [1.165, 1.54) is 11.8 Å². The van der Waals surface area contributed by atoms with Crippen molar-refractivity contribution in [3.8, 4) is 11.5 Å². The summed E-state index contributed by atoms with van der Waals surface area (Å²) in [5, 5.41) is 12.5. The fraction of sp³-hybridized carbons (Fsp3) is 0.211. The highest BCUT2D eigenvalue weighted by Crippen LogP contribution is 2.28. The van der Waals surface area contributed by atoms with Gasteiger partial charge in [-0.15, -0.1) is 10.2 Å². The summed E-state index contributed by atoms with van der Waals surface area (Å²) in [6, 6.07) is 14.6. The zero-order valence-corrected chi connectivity index (χ0v) is 16.8. The van der Waals surface area contributed by atoms with Crippen LogP contribution in [0.1, 0.15) is 24.9 Å². The van der Waals surface area contributed by atoms with Gasteiger partial charge in [0.15, 0.2) is 0 Å². The van der Waals surface area contributed by atoms with Gasteiger partial charge in [0.1, 0.15) is 0 Å². The molecule has 1 N–H and O–H groups in total. The zero-order chi connectivity index (χ0) is 19.2.